The van der Waals surface area contributed by atoms with E-state index in [4.69, 9.17) is 4.42 Å². The Hall–Kier alpha value is -3.15. The minimum Gasteiger partial charge on any atom is -0.464 e. The molecule has 0 bridgehead atoms. The predicted molar refractivity (Wildman–Crippen MR) is 89.2 cm³/mol. The van der Waals surface area contributed by atoms with Crippen LogP contribution in [0.2, 0.25) is 0 Å². The number of amides is 2. The van der Waals surface area contributed by atoms with Crippen molar-refractivity contribution in [1.82, 2.24) is 15.8 Å². The first kappa shape index (κ1) is 15.7. The van der Waals surface area contributed by atoms with Gasteiger partial charge in [-0.1, -0.05) is 18.2 Å². The fourth-order valence-corrected chi connectivity index (χ4v) is 2.43. The van der Waals surface area contributed by atoms with Crippen LogP contribution in [-0.4, -0.2) is 16.8 Å². The molecule has 1 aromatic carbocycles. The molecule has 6 nitrogen and oxygen atoms in total. The molecular formula is C18H17N3O3. The average molecular weight is 323 g/mol. The Labute approximate surface area is 138 Å². The van der Waals surface area contributed by atoms with Crippen LogP contribution in [0.4, 0.5) is 0 Å². The van der Waals surface area contributed by atoms with E-state index in [2.05, 4.69) is 15.8 Å². The highest BCUT2D eigenvalue weighted by molar-refractivity contribution is 5.94. The number of benzene rings is 1. The van der Waals surface area contributed by atoms with Crippen molar-refractivity contribution >= 4 is 22.8 Å². The minimum atomic E-state index is -0.465. The number of fused-ring (bicyclic) bond motifs is 1. The molecule has 2 amide bonds. The van der Waals surface area contributed by atoms with Crippen LogP contribution in [0, 0.1) is 13.8 Å². The summed E-state index contributed by atoms with van der Waals surface area (Å²) in [6, 6.07) is 8.92. The molecule has 0 aliphatic heterocycles. The first-order valence-electron chi connectivity index (χ1n) is 7.53. The zero-order chi connectivity index (χ0) is 17.1. The van der Waals surface area contributed by atoms with Gasteiger partial charge in [-0.3, -0.25) is 25.4 Å². The predicted octanol–water partition coefficient (Wildman–Crippen LogP) is 2.45. The van der Waals surface area contributed by atoms with Crippen molar-refractivity contribution in [3.05, 3.63) is 65.2 Å². The van der Waals surface area contributed by atoms with Crippen molar-refractivity contribution in [2.24, 2.45) is 0 Å². The van der Waals surface area contributed by atoms with Gasteiger partial charge in [0.25, 0.3) is 5.91 Å². The molecule has 0 saturated heterocycles. The Morgan fingerprint density at radius 3 is 2.71 bits per heavy atom. The molecule has 0 atom stereocenters. The number of pyridine rings is 1. The van der Waals surface area contributed by atoms with Crippen molar-refractivity contribution in [3.8, 4) is 0 Å². The third-order valence-corrected chi connectivity index (χ3v) is 3.91. The smallest absolute Gasteiger partial charge is 0.288 e. The van der Waals surface area contributed by atoms with Gasteiger partial charge in [-0.25, -0.2) is 0 Å². The summed E-state index contributed by atoms with van der Waals surface area (Å²) < 4.78 is 5.58. The van der Waals surface area contributed by atoms with Gasteiger partial charge in [0, 0.05) is 17.1 Å². The first-order chi connectivity index (χ1) is 11.6. The standard InChI is InChI=1S/C18H17N3O3/c1-11-6-7-14-13(10-24-17(14)12(11)2)9-16(22)20-21-18(23)15-5-3-4-8-19-15/h3-8,10H,9H2,1-2H3,(H,20,22)(H,21,23). The number of hydrogen-bond acceptors (Lipinski definition) is 4. The monoisotopic (exact) mass is 323 g/mol. The number of carbonyl (C=O) groups excluding carboxylic acids is 2. The van der Waals surface area contributed by atoms with E-state index in [1.165, 1.54) is 6.20 Å². The number of nitrogens with zero attached hydrogens (tertiary/aromatic N) is 1. The van der Waals surface area contributed by atoms with Crippen molar-refractivity contribution in [2.45, 2.75) is 20.3 Å². The number of nitrogens with one attached hydrogen (secondary N) is 2. The number of aromatic nitrogens is 1. The van der Waals surface area contributed by atoms with Crippen molar-refractivity contribution in [3.63, 3.8) is 0 Å². The van der Waals surface area contributed by atoms with Gasteiger partial charge >= 0.3 is 0 Å². The molecule has 0 spiro atoms. The van der Waals surface area contributed by atoms with E-state index in [9.17, 15) is 9.59 Å². The number of rotatable bonds is 3. The zero-order valence-corrected chi connectivity index (χ0v) is 13.4. The van der Waals surface area contributed by atoms with Crippen molar-refractivity contribution in [2.75, 3.05) is 0 Å². The van der Waals surface area contributed by atoms with Crippen LogP contribution >= 0.6 is 0 Å². The Kier molecular flexibility index (Phi) is 4.29. The van der Waals surface area contributed by atoms with E-state index < -0.39 is 5.91 Å². The lowest BCUT2D eigenvalue weighted by atomic mass is 10.0. The van der Waals surface area contributed by atoms with Gasteiger partial charge in [-0.2, -0.15) is 0 Å². The summed E-state index contributed by atoms with van der Waals surface area (Å²) in [5.74, 6) is -0.798. The lowest BCUT2D eigenvalue weighted by Gasteiger charge is -2.06. The maximum absolute atomic E-state index is 12.1. The SMILES string of the molecule is Cc1ccc2c(CC(=O)NNC(=O)c3ccccn3)coc2c1C. The Bertz CT molecular complexity index is 901. The number of furan rings is 1. The summed E-state index contributed by atoms with van der Waals surface area (Å²) in [7, 11) is 0. The second-order valence-corrected chi connectivity index (χ2v) is 5.54. The van der Waals surface area contributed by atoms with Crippen molar-refractivity contribution in [1.29, 1.82) is 0 Å². The van der Waals surface area contributed by atoms with Gasteiger partial charge in [-0.05, 0) is 37.1 Å². The number of hydrogen-bond donors (Lipinski definition) is 2. The van der Waals surface area contributed by atoms with E-state index in [0.717, 1.165) is 27.7 Å². The van der Waals surface area contributed by atoms with E-state index >= 15 is 0 Å². The molecule has 3 rings (SSSR count). The fourth-order valence-electron chi connectivity index (χ4n) is 2.43. The summed E-state index contributed by atoms with van der Waals surface area (Å²) >= 11 is 0. The van der Waals surface area contributed by atoms with Crippen LogP contribution < -0.4 is 10.9 Å². The molecule has 24 heavy (non-hydrogen) atoms. The van der Waals surface area contributed by atoms with Gasteiger partial charge in [0.05, 0.1) is 12.7 Å². The normalized spacial score (nSPS) is 10.6. The second-order valence-electron chi connectivity index (χ2n) is 5.54. The molecule has 6 heteroatoms. The van der Waals surface area contributed by atoms with E-state index in [1.807, 2.05) is 26.0 Å². The maximum atomic E-state index is 12.1. The van der Waals surface area contributed by atoms with E-state index in [0.29, 0.717) is 0 Å². The van der Waals surface area contributed by atoms with E-state index in [-0.39, 0.29) is 18.0 Å². The molecule has 0 fully saturated rings. The summed E-state index contributed by atoms with van der Waals surface area (Å²) in [5, 5.41) is 0.907. The molecule has 0 aliphatic carbocycles. The number of aryl methyl sites for hydroxylation is 2. The van der Waals surface area contributed by atoms with Gasteiger partial charge in [0.15, 0.2) is 0 Å². The fraction of sp³-hybridized carbons (Fsp3) is 0.167. The van der Waals surface area contributed by atoms with Crippen LogP contribution in [0.3, 0.4) is 0 Å². The molecular weight excluding hydrogens is 306 g/mol. The first-order valence-corrected chi connectivity index (χ1v) is 7.53. The molecule has 2 N–H and O–H groups in total. The van der Waals surface area contributed by atoms with Gasteiger partial charge in [0.1, 0.15) is 11.3 Å². The lowest BCUT2D eigenvalue weighted by Crippen LogP contribution is -2.42. The largest absolute Gasteiger partial charge is 0.464 e. The maximum Gasteiger partial charge on any atom is 0.288 e. The molecule has 0 saturated carbocycles. The number of carbonyl (C=O) groups is 2. The highest BCUT2D eigenvalue weighted by Gasteiger charge is 2.14. The summed E-state index contributed by atoms with van der Waals surface area (Å²) in [6.07, 6.45) is 3.20. The Morgan fingerprint density at radius 1 is 1.12 bits per heavy atom. The second kappa shape index (κ2) is 6.54. The Morgan fingerprint density at radius 2 is 1.96 bits per heavy atom. The average Bonchev–Trinajstić information content (AvgIpc) is 3.00. The highest BCUT2D eigenvalue weighted by Crippen LogP contribution is 2.26. The highest BCUT2D eigenvalue weighted by atomic mass is 16.3. The molecule has 0 unspecified atom stereocenters. The Balaban J connectivity index is 1.65. The topological polar surface area (TPSA) is 84.2 Å². The molecule has 3 aromatic rings. The van der Waals surface area contributed by atoms with Crippen LogP contribution in [0.25, 0.3) is 11.0 Å². The van der Waals surface area contributed by atoms with Gasteiger partial charge < -0.3 is 4.42 Å². The summed E-state index contributed by atoms with van der Waals surface area (Å²) in [4.78, 5) is 27.8. The van der Waals surface area contributed by atoms with Crippen LogP contribution in [0.15, 0.2) is 47.2 Å². The number of hydrazine groups is 1. The molecule has 0 radical (unpaired) electrons. The molecule has 0 aliphatic rings. The summed E-state index contributed by atoms with van der Waals surface area (Å²) in [6.45, 7) is 3.99. The third-order valence-electron chi connectivity index (χ3n) is 3.91. The lowest BCUT2D eigenvalue weighted by molar-refractivity contribution is -0.121. The molecule has 2 aromatic heterocycles. The quantitative estimate of drug-likeness (QED) is 0.725. The minimum absolute atomic E-state index is 0.109. The third kappa shape index (κ3) is 3.12. The summed E-state index contributed by atoms with van der Waals surface area (Å²) in [5.41, 5.74) is 8.73. The van der Waals surface area contributed by atoms with Crippen LogP contribution in [0.1, 0.15) is 27.2 Å². The molecule has 122 valence electrons. The van der Waals surface area contributed by atoms with Crippen molar-refractivity contribution < 1.29 is 14.0 Å². The molecule has 2 heterocycles. The van der Waals surface area contributed by atoms with Crippen LogP contribution in [-0.2, 0) is 11.2 Å². The zero-order valence-electron chi connectivity index (χ0n) is 13.4. The van der Waals surface area contributed by atoms with E-state index in [1.54, 1.807) is 24.5 Å². The van der Waals surface area contributed by atoms with Crippen LogP contribution in [0.5, 0.6) is 0 Å². The van der Waals surface area contributed by atoms with Gasteiger partial charge in [-0.15, -0.1) is 0 Å². The van der Waals surface area contributed by atoms with Gasteiger partial charge in [0.2, 0.25) is 5.91 Å².